The van der Waals surface area contributed by atoms with Crippen molar-refractivity contribution in [1.82, 2.24) is 5.32 Å². The predicted octanol–water partition coefficient (Wildman–Crippen LogP) is 1.23. The van der Waals surface area contributed by atoms with E-state index in [1.807, 2.05) is 18.2 Å². The summed E-state index contributed by atoms with van der Waals surface area (Å²) in [4.78, 5) is 11.7. The van der Waals surface area contributed by atoms with Gasteiger partial charge in [-0.05, 0) is 37.0 Å². The Morgan fingerprint density at radius 2 is 2.24 bits per heavy atom. The lowest BCUT2D eigenvalue weighted by Crippen LogP contribution is -2.26. The second kappa shape index (κ2) is 5.68. The van der Waals surface area contributed by atoms with Gasteiger partial charge in [-0.25, -0.2) is 0 Å². The minimum Gasteiger partial charge on any atom is -0.395 e. The summed E-state index contributed by atoms with van der Waals surface area (Å²) in [7, 11) is 0. The molecule has 4 heteroatoms. The Hall–Kier alpha value is -1.55. The summed E-state index contributed by atoms with van der Waals surface area (Å²) in [5, 5.41) is 14.6. The SMILES string of the molecule is O=C(NCCO)c1cccc(NCC2CC2)c1. The van der Waals surface area contributed by atoms with Crippen molar-refractivity contribution in [3.05, 3.63) is 29.8 Å². The molecule has 4 nitrogen and oxygen atoms in total. The monoisotopic (exact) mass is 234 g/mol. The van der Waals surface area contributed by atoms with Gasteiger partial charge in [0.1, 0.15) is 0 Å². The summed E-state index contributed by atoms with van der Waals surface area (Å²) in [6.45, 7) is 1.24. The van der Waals surface area contributed by atoms with E-state index in [0.29, 0.717) is 12.1 Å². The van der Waals surface area contributed by atoms with E-state index in [9.17, 15) is 4.79 Å². The van der Waals surface area contributed by atoms with Gasteiger partial charge < -0.3 is 15.7 Å². The molecule has 17 heavy (non-hydrogen) atoms. The highest BCUT2D eigenvalue weighted by Gasteiger charge is 2.20. The summed E-state index contributed by atoms with van der Waals surface area (Å²) < 4.78 is 0. The highest BCUT2D eigenvalue weighted by atomic mass is 16.3. The maximum atomic E-state index is 11.7. The average Bonchev–Trinajstić information content (AvgIpc) is 3.18. The lowest BCUT2D eigenvalue weighted by atomic mass is 10.2. The largest absolute Gasteiger partial charge is 0.395 e. The van der Waals surface area contributed by atoms with Gasteiger partial charge in [-0.15, -0.1) is 0 Å². The lowest BCUT2D eigenvalue weighted by molar-refractivity contribution is 0.0945. The third-order valence-electron chi connectivity index (χ3n) is 2.81. The number of rotatable bonds is 6. The molecule has 0 radical (unpaired) electrons. The maximum absolute atomic E-state index is 11.7. The molecule has 0 unspecified atom stereocenters. The van der Waals surface area contributed by atoms with Gasteiger partial charge >= 0.3 is 0 Å². The second-order valence-electron chi connectivity index (χ2n) is 4.38. The summed E-state index contributed by atoms with van der Waals surface area (Å²) in [5.74, 6) is 0.663. The molecule has 0 spiro atoms. The van der Waals surface area contributed by atoms with Crippen LogP contribution in [0.15, 0.2) is 24.3 Å². The highest BCUT2D eigenvalue weighted by molar-refractivity contribution is 5.95. The number of amides is 1. The normalized spacial score (nSPS) is 14.4. The first-order valence-corrected chi connectivity index (χ1v) is 6.02. The average molecular weight is 234 g/mol. The van der Waals surface area contributed by atoms with Crippen LogP contribution >= 0.6 is 0 Å². The molecule has 92 valence electrons. The highest BCUT2D eigenvalue weighted by Crippen LogP contribution is 2.28. The second-order valence-corrected chi connectivity index (χ2v) is 4.38. The number of carbonyl (C=O) groups excluding carboxylic acids is 1. The first kappa shape index (κ1) is 11.9. The Balaban J connectivity index is 1.92. The van der Waals surface area contributed by atoms with Crippen molar-refractivity contribution in [3.8, 4) is 0 Å². The van der Waals surface area contributed by atoms with E-state index in [1.165, 1.54) is 12.8 Å². The van der Waals surface area contributed by atoms with Gasteiger partial charge in [-0.1, -0.05) is 6.07 Å². The van der Waals surface area contributed by atoms with Crippen LogP contribution in [0.25, 0.3) is 0 Å². The van der Waals surface area contributed by atoms with E-state index in [1.54, 1.807) is 6.07 Å². The summed E-state index contributed by atoms with van der Waals surface area (Å²) >= 11 is 0. The van der Waals surface area contributed by atoms with Gasteiger partial charge in [-0.2, -0.15) is 0 Å². The van der Waals surface area contributed by atoms with Crippen LogP contribution in [0, 0.1) is 5.92 Å². The molecule has 1 saturated carbocycles. The fourth-order valence-corrected chi connectivity index (χ4v) is 1.63. The van der Waals surface area contributed by atoms with E-state index in [2.05, 4.69) is 10.6 Å². The molecule has 2 rings (SSSR count). The fourth-order valence-electron chi connectivity index (χ4n) is 1.63. The molecule has 0 atom stereocenters. The number of hydrogen-bond acceptors (Lipinski definition) is 3. The Morgan fingerprint density at radius 1 is 1.41 bits per heavy atom. The van der Waals surface area contributed by atoms with Gasteiger partial charge in [0.15, 0.2) is 0 Å². The standard InChI is InChI=1S/C13H18N2O2/c16-7-6-14-13(17)11-2-1-3-12(8-11)15-9-10-4-5-10/h1-3,8,10,15-16H,4-7,9H2,(H,14,17). The van der Waals surface area contributed by atoms with Crippen LogP contribution in [0.1, 0.15) is 23.2 Å². The zero-order valence-corrected chi connectivity index (χ0v) is 9.78. The quantitative estimate of drug-likeness (QED) is 0.694. The van der Waals surface area contributed by atoms with Crippen molar-refractivity contribution in [3.63, 3.8) is 0 Å². The Bertz CT molecular complexity index is 389. The lowest BCUT2D eigenvalue weighted by Gasteiger charge is -2.08. The zero-order chi connectivity index (χ0) is 12.1. The van der Waals surface area contributed by atoms with Crippen LogP contribution in [-0.4, -0.2) is 30.7 Å². The molecule has 1 fully saturated rings. The number of nitrogens with one attached hydrogen (secondary N) is 2. The topological polar surface area (TPSA) is 61.4 Å². The van der Waals surface area contributed by atoms with E-state index < -0.39 is 0 Å². The van der Waals surface area contributed by atoms with Crippen LogP contribution < -0.4 is 10.6 Å². The molecule has 0 aliphatic heterocycles. The van der Waals surface area contributed by atoms with Crippen molar-refractivity contribution >= 4 is 11.6 Å². The number of carbonyl (C=O) groups is 1. The molecule has 0 heterocycles. The van der Waals surface area contributed by atoms with E-state index >= 15 is 0 Å². The molecule has 1 amide bonds. The van der Waals surface area contributed by atoms with Crippen LogP contribution in [0.5, 0.6) is 0 Å². The van der Waals surface area contributed by atoms with Gasteiger partial charge in [0.25, 0.3) is 5.91 Å². The molecule has 0 saturated heterocycles. The Labute approximate surface area is 101 Å². The molecule has 3 N–H and O–H groups in total. The van der Waals surface area contributed by atoms with Crippen LogP contribution in [0.2, 0.25) is 0 Å². The number of hydrogen-bond donors (Lipinski definition) is 3. The van der Waals surface area contributed by atoms with Crippen LogP contribution in [0.3, 0.4) is 0 Å². The predicted molar refractivity (Wildman–Crippen MR) is 67.1 cm³/mol. The Morgan fingerprint density at radius 3 is 2.94 bits per heavy atom. The molecular formula is C13H18N2O2. The third kappa shape index (κ3) is 3.75. The molecule has 1 aromatic rings. The molecule has 0 bridgehead atoms. The maximum Gasteiger partial charge on any atom is 0.251 e. The number of benzene rings is 1. The molecule has 1 aliphatic carbocycles. The summed E-state index contributed by atoms with van der Waals surface area (Å²) in [6, 6.07) is 7.44. The molecule has 1 aromatic carbocycles. The molecular weight excluding hydrogens is 216 g/mol. The summed E-state index contributed by atoms with van der Waals surface area (Å²) in [5.41, 5.74) is 1.60. The van der Waals surface area contributed by atoms with Gasteiger partial charge in [-0.3, -0.25) is 4.79 Å². The van der Waals surface area contributed by atoms with Gasteiger partial charge in [0, 0.05) is 24.3 Å². The van der Waals surface area contributed by atoms with E-state index in [0.717, 1.165) is 18.2 Å². The van der Waals surface area contributed by atoms with Crippen LogP contribution in [0.4, 0.5) is 5.69 Å². The molecule has 1 aliphatic rings. The number of aliphatic hydroxyl groups is 1. The van der Waals surface area contributed by atoms with Crippen LogP contribution in [-0.2, 0) is 0 Å². The van der Waals surface area contributed by atoms with Crippen molar-refractivity contribution in [2.75, 3.05) is 25.0 Å². The fraction of sp³-hybridized carbons (Fsp3) is 0.462. The summed E-state index contributed by atoms with van der Waals surface area (Å²) in [6.07, 6.45) is 2.62. The van der Waals surface area contributed by atoms with Crippen molar-refractivity contribution in [2.24, 2.45) is 5.92 Å². The van der Waals surface area contributed by atoms with Crippen molar-refractivity contribution < 1.29 is 9.90 Å². The third-order valence-corrected chi connectivity index (χ3v) is 2.81. The minimum absolute atomic E-state index is 0.0363. The van der Waals surface area contributed by atoms with Gasteiger partial charge in [0.05, 0.1) is 6.61 Å². The van der Waals surface area contributed by atoms with E-state index in [4.69, 9.17) is 5.11 Å². The van der Waals surface area contributed by atoms with E-state index in [-0.39, 0.29) is 12.5 Å². The van der Waals surface area contributed by atoms with Gasteiger partial charge in [0.2, 0.25) is 0 Å². The number of aliphatic hydroxyl groups excluding tert-OH is 1. The first-order chi connectivity index (χ1) is 8.29. The van der Waals surface area contributed by atoms with Crippen molar-refractivity contribution in [1.29, 1.82) is 0 Å². The minimum atomic E-state index is -0.144. The smallest absolute Gasteiger partial charge is 0.251 e. The Kier molecular flexibility index (Phi) is 3.98. The number of anilines is 1. The molecule has 0 aromatic heterocycles. The zero-order valence-electron chi connectivity index (χ0n) is 9.78. The first-order valence-electron chi connectivity index (χ1n) is 6.02. The van der Waals surface area contributed by atoms with Crippen molar-refractivity contribution in [2.45, 2.75) is 12.8 Å².